The molecule has 0 saturated carbocycles. The lowest BCUT2D eigenvalue weighted by atomic mass is 10.2. The van der Waals surface area contributed by atoms with Crippen molar-refractivity contribution in [3.05, 3.63) is 34.2 Å². The summed E-state index contributed by atoms with van der Waals surface area (Å²) in [6.07, 6.45) is 1.58. The molecule has 102 valence electrons. The number of carbonyl (C=O) groups is 1. The number of carboxylic acids is 1. The third-order valence-corrected chi connectivity index (χ3v) is 4.33. The fraction of sp³-hybridized carbons (Fsp3) is 0.333. The zero-order chi connectivity index (χ0) is 14.2. The molecule has 2 N–H and O–H groups in total. The van der Waals surface area contributed by atoms with Gasteiger partial charge in [-0.25, -0.2) is 9.59 Å². The first kappa shape index (κ1) is 13.5. The van der Waals surface area contributed by atoms with E-state index >= 15 is 0 Å². The lowest BCUT2D eigenvalue weighted by Gasteiger charge is -2.09. The van der Waals surface area contributed by atoms with Gasteiger partial charge in [0.15, 0.2) is 0 Å². The number of hydrogen-bond acceptors (Lipinski definition) is 3. The fourth-order valence-electron chi connectivity index (χ4n) is 1.90. The summed E-state index contributed by atoms with van der Waals surface area (Å²) in [7, 11) is -1.05. The number of H-pyrrole nitrogens is 1. The summed E-state index contributed by atoms with van der Waals surface area (Å²) < 4.78 is 12.8. The molecule has 19 heavy (non-hydrogen) atoms. The van der Waals surface area contributed by atoms with E-state index in [4.69, 9.17) is 5.11 Å². The summed E-state index contributed by atoms with van der Waals surface area (Å²) in [4.78, 5) is 25.5. The summed E-state index contributed by atoms with van der Waals surface area (Å²) in [5, 5.41) is 8.88. The van der Waals surface area contributed by atoms with Crippen LogP contribution in [-0.2, 0) is 17.3 Å². The van der Waals surface area contributed by atoms with Gasteiger partial charge in [0.05, 0.1) is 16.6 Å². The van der Waals surface area contributed by atoms with Crippen LogP contribution in [0, 0.1) is 0 Å². The van der Waals surface area contributed by atoms with Gasteiger partial charge in [0.1, 0.15) is 0 Å². The average Bonchev–Trinajstić information content (AvgIpc) is 2.65. The number of benzene rings is 1. The van der Waals surface area contributed by atoms with Gasteiger partial charge >= 0.3 is 11.7 Å². The molecule has 1 aromatic carbocycles. The molecule has 1 aromatic heterocycles. The number of rotatable bonds is 4. The molecule has 0 saturated heterocycles. The van der Waals surface area contributed by atoms with E-state index in [9.17, 15) is 13.8 Å². The molecule has 2 atom stereocenters. The van der Waals surface area contributed by atoms with Crippen molar-refractivity contribution in [2.45, 2.75) is 18.7 Å². The van der Waals surface area contributed by atoms with Gasteiger partial charge in [-0.05, 0) is 19.1 Å². The molecule has 0 bridgehead atoms. The smallest absolute Gasteiger partial charge is 0.337 e. The number of nitrogens with one attached hydrogen (secondary N) is 1. The highest BCUT2D eigenvalue weighted by atomic mass is 32.2. The van der Waals surface area contributed by atoms with Gasteiger partial charge < -0.3 is 10.1 Å². The topological polar surface area (TPSA) is 92.2 Å². The van der Waals surface area contributed by atoms with Crippen molar-refractivity contribution in [1.82, 2.24) is 9.55 Å². The highest BCUT2D eigenvalue weighted by Gasteiger charge is 2.16. The minimum Gasteiger partial charge on any atom is -0.478 e. The predicted molar refractivity (Wildman–Crippen MR) is 73.0 cm³/mol. The number of nitrogens with zero attached hydrogens (tertiary/aromatic N) is 1. The Morgan fingerprint density at radius 1 is 1.53 bits per heavy atom. The third kappa shape index (κ3) is 2.46. The van der Waals surface area contributed by atoms with Crippen molar-refractivity contribution in [2.75, 3.05) is 6.26 Å². The molecule has 0 aliphatic carbocycles. The van der Waals surface area contributed by atoms with Crippen molar-refractivity contribution in [3.63, 3.8) is 0 Å². The average molecular weight is 282 g/mol. The highest BCUT2D eigenvalue weighted by Crippen LogP contribution is 2.16. The van der Waals surface area contributed by atoms with Gasteiger partial charge in [-0.3, -0.25) is 8.78 Å². The summed E-state index contributed by atoms with van der Waals surface area (Å²) >= 11 is 0. The Labute approximate surface area is 111 Å². The minimum absolute atomic E-state index is 0.0543. The Kier molecular flexibility index (Phi) is 3.57. The SMILES string of the molecule is CC(Cn1c(=O)[nH]c2c(C(=O)O)cccc21)S(C)=O. The monoisotopic (exact) mass is 282 g/mol. The number of imidazole rings is 1. The highest BCUT2D eigenvalue weighted by molar-refractivity contribution is 7.84. The number of hydrogen-bond donors (Lipinski definition) is 2. The Bertz CT molecular complexity index is 716. The van der Waals surface area contributed by atoms with Crippen LogP contribution in [0.4, 0.5) is 0 Å². The summed E-state index contributed by atoms with van der Waals surface area (Å²) in [5.74, 6) is -1.09. The molecule has 2 rings (SSSR count). The maximum Gasteiger partial charge on any atom is 0.337 e. The van der Waals surface area contributed by atoms with Crippen molar-refractivity contribution in [1.29, 1.82) is 0 Å². The van der Waals surface area contributed by atoms with Crippen molar-refractivity contribution < 1.29 is 14.1 Å². The van der Waals surface area contributed by atoms with Crippen LogP contribution in [0.2, 0.25) is 0 Å². The van der Waals surface area contributed by atoms with Gasteiger partial charge in [0, 0.05) is 28.9 Å². The van der Waals surface area contributed by atoms with E-state index < -0.39 is 16.8 Å². The van der Waals surface area contributed by atoms with Crippen molar-refractivity contribution in [3.8, 4) is 0 Å². The Balaban J connectivity index is 2.60. The summed E-state index contributed by atoms with van der Waals surface area (Å²) in [6.45, 7) is 2.06. The maximum atomic E-state index is 11.9. The lowest BCUT2D eigenvalue weighted by Crippen LogP contribution is -2.25. The third-order valence-electron chi connectivity index (χ3n) is 3.05. The molecule has 1 heterocycles. The van der Waals surface area contributed by atoms with E-state index in [1.807, 2.05) is 0 Å². The molecule has 0 amide bonds. The van der Waals surface area contributed by atoms with Crippen LogP contribution in [0.15, 0.2) is 23.0 Å². The van der Waals surface area contributed by atoms with Gasteiger partial charge in [-0.15, -0.1) is 0 Å². The number of para-hydroxylation sites is 1. The second kappa shape index (κ2) is 5.00. The van der Waals surface area contributed by atoms with Crippen LogP contribution in [-0.4, -0.2) is 36.3 Å². The number of carboxylic acid groups (broad SMARTS) is 1. The molecule has 0 radical (unpaired) electrons. The molecule has 2 aromatic rings. The summed E-state index contributed by atoms with van der Waals surface area (Å²) in [5.41, 5.74) is 0.482. The minimum atomic E-state index is -1.09. The van der Waals surface area contributed by atoms with E-state index in [-0.39, 0.29) is 23.0 Å². The zero-order valence-electron chi connectivity index (χ0n) is 10.5. The van der Waals surface area contributed by atoms with Crippen LogP contribution < -0.4 is 5.69 Å². The maximum absolute atomic E-state index is 11.9. The zero-order valence-corrected chi connectivity index (χ0v) is 11.4. The molecule has 0 aliphatic heterocycles. The standard InChI is InChI=1S/C12H14N2O4S/c1-7(19(2)18)6-14-9-5-3-4-8(11(15)16)10(9)13-12(14)17/h3-5,7H,6H2,1-2H3,(H,13,17)(H,15,16). The summed E-state index contributed by atoms with van der Waals surface area (Å²) in [6, 6.07) is 4.69. The molecule has 6 nitrogen and oxygen atoms in total. The van der Waals surface area contributed by atoms with E-state index in [2.05, 4.69) is 4.98 Å². The molecule has 7 heteroatoms. The molecular formula is C12H14N2O4S. The first-order chi connectivity index (χ1) is 8.91. The second-order valence-corrected chi connectivity index (χ2v) is 6.16. The molecule has 2 unspecified atom stereocenters. The van der Waals surface area contributed by atoms with Crippen LogP contribution in [0.5, 0.6) is 0 Å². The van der Waals surface area contributed by atoms with Gasteiger partial charge in [0.2, 0.25) is 0 Å². The number of aromatic amines is 1. The Morgan fingerprint density at radius 3 is 2.79 bits per heavy atom. The molecule has 0 spiro atoms. The van der Waals surface area contributed by atoms with Crippen LogP contribution in [0.3, 0.4) is 0 Å². The molecule has 0 fully saturated rings. The van der Waals surface area contributed by atoms with E-state index in [0.717, 1.165) is 0 Å². The van der Waals surface area contributed by atoms with Crippen LogP contribution in [0.25, 0.3) is 11.0 Å². The van der Waals surface area contributed by atoms with Gasteiger partial charge in [0.25, 0.3) is 0 Å². The largest absolute Gasteiger partial charge is 0.478 e. The number of fused-ring (bicyclic) bond motifs is 1. The molecule has 0 aliphatic rings. The second-order valence-electron chi connectivity index (χ2n) is 4.35. The lowest BCUT2D eigenvalue weighted by molar-refractivity contribution is 0.0699. The normalized spacial score (nSPS) is 14.4. The Hall–Kier alpha value is -1.89. The predicted octanol–water partition coefficient (Wildman–Crippen LogP) is 0.795. The van der Waals surface area contributed by atoms with Crippen LogP contribution in [0.1, 0.15) is 17.3 Å². The number of aromatic nitrogens is 2. The Morgan fingerprint density at radius 2 is 2.21 bits per heavy atom. The van der Waals surface area contributed by atoms with Crippen molar-refractivity contribution >= 4 is 27.8 Å². The first-order valence-electron chi connectivity index (χ1n) is 5.69. The van der Waals surface area contributed by atoms with E-state index in [0.29, 0.717) is 11.0 Å². The quantitative estimate of drug-likeness (QED) is 0.867. The van der Waals surface area contributed by atoms with Crippen molar-refractivity contribution in [2.24, 2.45) is 0 Å². The fourth-order valence-corrected chi connectivity index (χ4v) is 2.26. The van der Waals surface area contributed by atoms with E-state index in [1.165, 1.54) is 10.6 Å². The molecular weight excluding hydrogens is 268 g/mol. The van der Waals surface area contributed by atoms with Crippen LogP contribution >= 0.6 is 0 Å². The van der Waals surface area contributed by atoms with E-state index in [1.54, 1.807) is 25.3 Å². The first-order valence-corrected chi connectivity index (χ1v) is 7.31. The number of aromatic carboxylic acids is 1. The van der Waals surface area contributed by atoms with Gasteiger partial charge in [-0.2, -0.15) is 0 Å². The van der Waals surface area contributed by atoms with Gasteiger partial charge in [-0.1, -0.05) is 6.07 Å².